The zero-order valence-electron chi connectivity index (χ0n) is 11.0. The van der Waals surface area contributed by atoms with Gasteiger partial charge in [0.1, 0.15) is 5.82 Å². The molecule has 0 spiro atoms. The molecule has 1 aromatic rings. The number of nitrogens with two attached hydrogens (primary N) is 1. The number of hydrogen-bond donors (Lipinski definition) is 2. The molecule has 0 radical (unpaired) electrons. The summed E-state index contributed by atoms with van der Waals surface area (Å²) in [4.78, 5) is 4.30. The summed E-state index contributed by atoms with van der Waals surface area (Å²) in [5, 5.41) is 4.28. The van der Waals surface area contributed by atoms with E-state index in [2.05, 4.69) is 10.3 Å². The molecule has 1 atom stereocenters. The zero-order chi connectivity index (χ0) is 14.2. The van der Waals surface area contributed by atoms with Gasteiger partial charge in [0.15, 0.2) is 9.84 Å². The molecule has 20 heavy (non-hydrogen) atoms. The van der Waals surface area contributed by atoms with Crippen molar-refractivity contribution in [2.75, 3.05) is 23.4 Å². The third-order valence-corrected chi connectivity index (χ3v) is 4.70. The van der Waals surface area contributed by atoms with E-state index in [1.807, 2.05) is 0 Å². The van der Waals surface area contributed by atoms with E-state index in [4.69, 9.17) is 10.5 Å². The maximum Gasteiger partial charge on any atom is 0.239 e. The normalized spacial score (nSPS) is 23.7. The molecule has 7 heteroatoms. The lowest BCUT2D eigenvalue weighted by molar-refractivity contribution is 0.290. The van der Waals surface area contributed by atoms with Gasteiger partial charge in [-0.1, -0.05) is 0 Å². The van der Waals surface area contributed by atoms with E-state index in [0.29, 0.717) is 29.9 Å². The quantitative estimate of drug-likeness (QED) is 0.847. The van der Waals surface area contributed by atoms with E-state index < -0.39 is 9.84 Å². The first-order valence-electron chi connectivity index (χ1n) is 6.59. The van der Waals surface area contributed by atoms with Gasteiger partial charge in [0, 0.05) is 5.41 Å². The number of anilines is 2. The van der Waals surface area contributed by atoms with E-state index in [9.17, 15) is 8.42 Å². The second-order valence-electron chi connectivity index (χ2n) is 5.25. The van der Waals surface area contributed by atoms with Crippen molar-refractivity contribution < 1.29 is 13.2 Å². The highest BCUT2D eigenvalue weighted by molar-refractivity contribution is 7.94. The summed E-state index contributed by atoms with van der Waals surface area (Å²) in [6.45, 7) is 0.637. The van der Waals surface area contributed by atoms with Gasteiger partial charge < -0.3 is 15.8 Å². The Labute approximate surface area is 117 Å². The van der Waals surface area contributed by atoms with Crippen LogP contribution in [0.1, 0.15) is 12.8 Å². The molecule has 0 amide bonds. The van der Waals surface area contributed by atoms with Crippen LogP contribution in [0, 0.1) is 5.92 Å². The molecule has 6 nitrogen and oxygen atoms in total. The smallest absolute Gasteiger partial charge is 0.239 e. The summed E-state index contributed by atoms with van der Waals surface area (Å²) >= 11 is 0. The number of nitrogen functional groups attached to an aromatic ring is 1. The Morgan fingerprint density at radius 3 is 2.85 bits per heavy atom. The number of rotatable bonds is 5. The Balaban J connectivity index is 1.67. The number of hydrogen-bond acceptors (Lipinski definition) is 6. The maximum absolute atomic E-state index is 11.3. The van der Waals surface area contributed by atoms with Crippen molar-refractivity contribution in [3.63, 3.8) is 0 Å². The summed E-state index contributed by atoms with van der Waals surface area (Å²) in [7, 11) is -3.07. The predicted molar refractivity (Wildman–Crippen MR) is 77.2 cm³/mol. The molecule has 1 aromatic heterocycles. The highest BCUT2D eigenvalue weighted by Gasteiger charge is 2.24. The fraction of sp³-hybridized carbons (Fsp3) is 0.462. The van der Waals surface area contributed by atoms with Gasteiger partial charge in [-0.25, -0.2) is 8.42 Å². The summed E-state index contributed by atoms with van der Waals surface area (Å²) < 4.78 is 28.3. The monoisotopic (exact) mass is 295 g/mol. The summed E-state index contributed by atoms with van der Waals surface area (Å²) in [5.74, 6) is 1.65. The van der Waals surface area contributed by atoms with Gasteiger partial charge in [-0.2, -0.15) is 4.98 Å². The average molecular weight is 295 g/mol. The van der Waals surface area contributed by atoms with Crippen LogP contribution < -0.4 is 15.8 Å². The third kappa shape index (κ3) is 3.22. The van der Waals surface area contributed by atoms with Crippen molar-refractivity contribution in [3.05, 3.63) is 23.6 Å². The van der Waals surface area contributed by atoms with E-state index in [1.54, 1.807) is 18.2 Å². The van der Waals surface area contributed by atoms with Crippen molar-refractivity contribution in [3.8, 4) is 5.88 Å². The lowest BCUT2D eigenvalue weighted by Gasteiger charge is -2.13. The van der Waals surface area contributed by atoms with E-state index in [-0.39, 0.29) is 11.8 Å². The molecular formula is C13H17N3O3S. The molecule has 1 fully saturated rings. The number of pyridine rings is 1. The SMILES string of the molecule is Nc1ccc(NC2C=CS(=O)(=O)C2)nc1OCC1CC1. The molecule has 1 saturated carbocycles. The molecule has 108 valence electrons. The lowest BCUT2D eigenvalue weighted by Crippen LogP contribution is -2.21. The molecule has 2 aliphatic rings. The van der Waals surface area contributed by atoms with Crippen LogP contribution in [0.15, 0.2) is 23.6 Å². The average Bonchev–Trinajstić information content (AvgIpc) is 3.15. The molecular weight excluding hydrogens is 278 g/mol. The molecule has 1 aliphatic carbocycles. The van der Waals surface area contributed by atoms with Gasteiger partial charge in [0.25, 0.3) is 0 Å². The topological polar surface area (TPSA) is 94.3 Å². The van der Waals surface area contributed by atoms with Crippen LogP contribution in [0.3, 0.4) is 0 Å². The molecule has 0 bridgehead atoms. The Morgan fingerprint density at radius 2 is 2.20 bits per heavy atom. The van der Waals surface area contributed by atoms with Gasteiger partial charge in [-0.05, 0) is 37.0 Å². The Bertz CT molecular complexity index is 638. The standard InChI is InChI=1S/C13H17N3O3S/c14-11-3-4-12(15-10-5-6-20(17,18)8-10)16-13(11)19-7-9-1-2-9/h3-6,9-10H,1-2,7-8,14H2,(H,15,16). The fourth-order valence-corrected chi connectivity index (χ4v) is 3.22. The fourth-order valence-electron chi connectivity index (χ4n) is 1.98. The van der Waals surface area contributed by atoms with Gasteiger partial charge in [0.2, 0.25) is 5.88 Å². The molecule has 3 N–H and O–H groups in total. The van der Waals surface area contributed by atoms with Crippen molar-refractivity contribution in [1.29, 1.82) is 0 Å². The number of ether oxygens (including phenoxy) is 1. The molecule has 2 heterocycles. The molecule has 1 aliphatic heterocycles. The Kier molecular flexibility index (Phi) is 3.29. The first-order valence-corrected chi connectivity index (χ1v) is 8.30. The van der Waals surface area contributed by atoms with Crippen molar-refractivity contribution >= 4 is 21.3 Å². The molecule has 0 saturated heterocycles. The number of aromatic nitrogens is 1. The van der Waals surface area contributed by atoms with Crippen LogP contribution in [0.5, 0.6) is 5.88 Å². The summed E-state index contributed by atoms with van der Waals surface area (Å²) in [6.07, 6.45) is 4.02. The predicted octanol–water partition coefficient (Wildman–Crippen LogP) is 1.18. The second kappa shape index (κ2) is 4.97. The molecule has 3 rings (SSSR count). The van der Waals surface area contributed by atoms with Gasteiger partial charge in [-0.15, -0.1) is 0 Å². The largest absolute Gasteiger partial charge is 0.476 e. The van der Waals surface area contributed by atoms with Crippen LogP contribution in [-0.4, -0.2) is 31.8 Å². The minimum Gasteiger partial charge on any atom is -0.476 e. The van der Waals surface area contributed by atoms with Crippen LogP contribution in [-0.2, 0) is 9.84 Å². The molecule has 1 unspecified atom stereocenters. The van der Waals surface area contributed by atoms with Gasteiger partial charge in [0.05, 0.1) is 24.1 Å². The van der Waals surface area contributed by atoms with Crippen LogP contribution in [0.2, 0.25) is 0 Å². The van der Waals surface area contributed by atoms with Crippen LogP contribution in [0.25, 0.3) is 0 Å². The number of nitrogens with one attached hydrogen (secondary N) is 1. The van der Waals surface area contributed by atoms with Crippen molar-refractivity contribution in [1.82, 2.24) is 4.98 Å². The number of sulfone groups is 1. The Morgan fingerprint density at radius 1 is 1.40 bits per heavy atom. The second-order valence-corrected chi connectivity index (χ2v) is 7.19. The zero-order valence-corrected chi connectivity index (χ0v) is 11.8. The number of nitrogens with zero attached hydrogens (tertiary/aromatic N) is 1. The van der Waals surface area contributed by atoms with Crippen LogP contribution in [0.4, 0.5) is 11.5 Å². The van der Waals surface area contributed by atoms with Crippen LogP contribution >= 0.6 is 0 Å². The first kappa shape index (κ1) is 13.2. The highest BCUT2D eigenvalue weighted by Crippen LogP contribution is 2.30. The first-order chi connectivity index (χ1) is 9.52. The molecule has 0 aromatic carbocycles. The van der Waals surface area contributed by atoms with Crippen molar-refractivity contribution in [2.45, 2.75) is 18.9 Å². The van der Waals surface area contributed by atoms with Gasteiger partial charge in [-0.3, -0.25) is 0 Å². The maximum atomic E-state index is 11.3. The van der Waals surface area contributed by atoms with E-state index in [1.165, 1.54) is 18.2 Å². The summed E-state index contributed by atoms with van der Waals surface area (Å²) in [6, 6.07) is 3.18. The third-order valence-electron chi connectivity index (χ3n) is 3.31. The van der Waals surface area contributed by atoms with E-state index >= 15 is 0 Å². The summed E-state index contributed by atoms with van der Waals surface area (Å²) in [5.41, 5.74) is 6.31. The highest BCUT2D eigenvalue weighted by atomic mass is 32.2. The van der Waals surface area contributed by atoms with E-state index in [0.717, 1.165) is 0 Å². The minimum atomic E-state index is -3.07. The lowest BCUT2D eigenvalue weighted by atomic mass is 10.3. The Hall–Kier alpha value is -1.76. The van der Waals surface area contributed by atoms with Gasteiger partial charge >= 0.3 is 0 Å². The minimum absolute atomic E-state index is 0.0529. The van der Waals surface area contributed by atoms with Crippen molar-refractivity contribution in [2.24, 2.45) is 5.92 Å².